The van der Waals surface area contributed by atoms with Crippen LogP contribution < -0.4 is 10.5 Å². The minimum Gasteiger partial charge on any atom is -0.428 e. The second-order valence-corrected chi connectivity index (χ2v) is 6.07. The van der Waals surface area contributed by atoms with Gasteiger partial charge in [-0.15, -0.1) is 0 Å². The summed E-state index contributed by atoms with van der Waals surface area (Å²) >= 11 is 7.04. The molecule has 0 bridgehead atoms. The van der Waals surface area contributed by atoms with Crippen molar-refractivity contribution in [2.75, 3.05) is 5.73 Å². The van der Waals surface area contributed by atoms with E-state index in [1.807, 2.05) is 0 Å². The van der Waals surface area contributed by atoms with E-state index in [1.54, 1.807) is 18.2 Å². The predicted molar refractivity (Wildman–Crippen MR) is 74.5 cm³/mol. The summed E-state index contributed by atoms with van der Waals surface area (Å²) < 4.78 is 9.87. The number of nitrogens with zero attached hydrogens (tertiary/aromatic N) is 2. The molecule has 0 amide bonds. The molecule has 1 heterocycles. The van der Waals surface area contributed by atoms with Gasteiger partial charge in [-0.3, -0.25) is 0 Å². The Morgan fingerprint density at radius 3 is 2.61 bits per heavy atom. The molecule has 4 nitrogen and oxygen atoms in total. The highest BCUT2D eigenvalue weighted by Gasteiger charge is 2.20. The fourth-order valence-corrected chi connectivity index (χ4v) is 2.18. The van der Waals surface area contributed by atoms with Gasteiger partial charge in [-0.1, -0.05) is 32.4 Å². The largest absolute Gasteiger partial charge is 0.428 e. The van der Waals surface area contributed by atoms with E-state index in [0.717, 1.165) is 5.82 Å². The van der Waals surface area contributed by atoms with Crippen molar-refractivity contribution in [1.82, 2.24) is 9.36 Å². The van der Waals surface area contributed by atoms with Gasteiger partial charge in [-0.05, 0) is 18.2 Å². The van der Waals surface area contributed by atoms with E-state index in [1.165, 1.54) is 11.5 Å². The van der Waals surface area contributed by atoms with Crippen LogP contribution in [0, 0.1) is 0 Å². The molecule has 1 aromatic heterocycles. The van der Waals surface area contributed by atoms with E-state index in [-0.39, 0.29) is 5.41 Å². The Kier molecular flexibility index (Phi) is 3.45. The van der Waals surface area contributed by atoms with Crippen molar-refractivity contribution in [3.05, 3.63) is 29.0 Å². The standard InChI is InChI=1S/C12H14ClN3OS/c1-12(2,3)10-15-11(18-16-10)17-9-5-4-7(13)6-8(9)14/h4-6H,14H2,1-3H3. The molecule has 6 heteroatoms. The molecule has 0 spiro atoms. The summed E-state index contributed by atoms with van der Waals surface area (Å²) in [4.78, 5) is 4.34. The van der Waals surface area contributed by atoms with E-state index in [2.05, 4.69) is 30.1 Å². The van der Waals surface area contributed by atoms with Crippen LogP contribution in [0.25, 0.3) is 0 Å². The van der Waals surface area contributed by atoms with E-state index < -0.39 is 0 Å². The molecule has 2 aromatic rings. The first kappa shape index (κ1) is 13.1. The lowest BCUT2D eigenvalue weighted by atomic mass is 9.96. The first-order valence-corrected chi connectivity index (χ1v) is 6.58. The monoisotopic (exact) mass is 283 g/mol. The predicted octanol–water partition coefficient (Wildman–Crippen LogP) is 3.86. The average molecular weight is 284 g/mol. The third kappa shape index (κ3) is 2.91. The number of ether oxygens (including phenoxy) is 1. The fraction of sp³-hybridized carbons (Fsp3) is 0.333. The van der Waals surface area contributed by atoms with Crippen LogP contribution >= 0.6 is 23.1 Å². The molecule has 0 fully saturated rings. The minimum atomic E-state index is -0.0936. The van der Waals surface area contributed by atoms with Gasteiger partial charge < -0.3 is 10.5 Å². The van der Waals surface area contributed by atoms with Crippen molar-refractivity contribution in [1.29, 1.82) is 0 Å². The van der Waals surface area contributed by atoms with Gasteiger partial charge in [0.05, 0.1) is 5.69 Å². The summed E-state index contributed by atoms with van der Waals surface area (Å²) in [5.41, 5.74) is 6.20. The number of benzene rings is 1. The molecule has 0 saturated heterocycles. The maximum atomic E-state index is 5.82. The van der Waals surface area contributed by atoms with Gasteiger partial charge in [0.1, 0.15) is 0 Å². The summed E-state index contributed by atoms with van der Waals surface area (Å²) in [7, 11) is 0. The number of aromatic nitrogens is 2. The first-order chi connectivity index (χ1) is 8.36. The molecule has 96 valence electrons. The van der Waals surface area contributed by atoms with E-state index in [0.29, 0.717) is 21.7 Å². The molecular weight excluding hydrogens is 270 g/mol. The SMILES string of the molecule is CC(C)(C)c1nsc(Oc2ccc(Cl)cc2N)n1. The van der Waals surface area contributed by atoms with Gasteiger partial charge in [0.15, 0.2) is 11.6 Å². The third-order valence-electron chi connectivity index (χ3n) is 2.25. The van der Waals surface area contributed by atoms with Crippen LogP contribution in [-0.2, 0) is 5.41 Å². The summed E-state index contributed by atoms with van der Waals surface area (Å²) in [6, 6.07) is 5.08. The number of hydrogen-bond acceptors (Lipinski definition) is 5. The number of halogens is 1. The van der Waals surface area contributed by atoms with Crippen LogP contribution in [0.2, 0.25) is 5.02 Å². The van der Waals surface area contributed by atoms with Crippen LogP contribution in [0.15, 0.2) is 18.2 Å². The lowest BCUT2D eigenvalue weighted by Crippen LogP contribution is -2.12. The molecule has 2 N–H and O–H groups in total. The first-order valence-electron chi connectivity index (χ1n) is 5.43. The minimum absolute atomic E-state index is 0.0936. The molecule has 0 saturated carbocycles. The van der Waals surface area contributed by atoms with Gasteiger partial charge in [0.2, 0.25) is 0 Å². The van der Waals surface area contributed by atoms with Crippen LogP contribution in [0.5, 0.6) is 10.9 Å². The Balaban J connectivity index is 2.21. The smallest absolute Gasteiger partial charge is 0.298 e. The zero-order valence-electron chi connectivity index (χ0n) is 10.4. The molecule has 0 aliphatic carbocycles. The van der Waals surface area contributed by atoms with Gasteiger partial charge in [-0.2, -0.15) is 9.36 Å². The van der Waals surface area contributed by atoms with Crippen molar-refractivity contribution < 1.29 is 4.74 Å². The Morgan fingerprint density at radius 1 is 1.33 bits per heavy atom. The zero-order valence-corrected chi connectivity index (χ0v) is 12.0. The Morgan fingerprint density at radius 2 is 2.06 bits per heavy atom. The van der Waals surface area contributed by atoms with Crippen molar-refractivity contribution in [3.63, 3.8) is 0 Å². The lowest BCUT2D eigenvalue weighted by molar-refractivity contribution is 0.470. The van der Waals surface area contributed by atoms with Crippen LogP contribution in [0.3, 0.4) is 0 Å². The molecule has 1 aromatic carbocycles. The van der Waals surface area contributed by atoms with Crippen molar-refractivity contribution >= 4 is 28.8 Å². The molecular formula is C12H14ClN3OS. The summed E-state index contributed by atoms with van der Waals surface area (Å²) in [5.74, 6) is 1.30. The molecule has 0 radical (unpaired) electrons. The number of hydrogen-bond donors (Lipinski definition) is 1. The van der Waals surface area contributed by atoms with E-state index in [9.17, 15) is 0 Å². The number of nitrogens with two attached hydrogens (primary N) is 1. The zero-order chi connectivity index (χ0) is 13.3. The third-order valence-corrected chi connectivity index (χ3v) is 3.08. The summed E-state index contributed by atoms with van der Waals surface area (Å²) in [6.45, 7) is 6.15. The molecule has 0 aliphatic heterocycles. The van der Waals surface area contributed by atoms with Gasteiger partial charge >= 0.3 is 0 Å². The highest BCUT2D eigenvalue weighted by Crippen LogP contribution is 2.32. The van der Waals surface area contributed by atoms with Crippen LogP contribution in [0.1, 0.15) is 26.6 Å². The average Bonchev–Trinajstić information content (AvgIpc) is 2.70. The second-order valence-electron chi connectivity index (χ2n) is 4.92. The lowest BCUT2D eigenvalue weighted by Gasteiger charge is -2.12. The molecule has 2 rings (SSSR count). The van der Waals surface area contributed by atoms with Gasteiger partial charge in [0.25, 0.3) is 5.19 Å². The molecule has 0 unspecified atom stereocenters. The Labute approximate surface area is 115 Å². The molecule has 18 heavy (non-hydrogen) atoms. The van der Waals surface area contributed by atoms with Crippen LogP contribution in [-0.4, -0.2) is 9.36 Å². The number of anilines is 1. The normalized spacial score (nSPS) is 11.6. The van der Waals surface area contributed by atoms with E-state index >= 15 is 0 Å². The number of nitrogen functional groups attached to an aromatic ring is 1. The van der Waals surface area contributed by atoms with Crippen LogP contribution in [0.4, 0.5) is 5.69 Å². The van der Waals surface area contributed by atoms with Crippen molar-refractivity contribution in [2.45, 2.75) is 26.2 Å². The second kappa shape index (κ2) is 4.74. The quantitative estimate of drug-likeness (QED) is 0.850. The maximum absolute atomic E-state index is 5.82. The van der Waals surface area contributed by atoms with Crippen molar-refractivity contribution in [3.8, 4) is 10.9 Å². The number of rotatable bonds is 2. The summed E-state index contributed by atoms with van der Waals surface area (Å²) in [6.07, 6.45) is 0. The van der Waals surface area contributed by atoms with Gasteiger partial charge in [0, 0.05) is 22.0 Å². The van der Waals surface area contributed by atoms with Gasteiger partial charge in [-0.25, -0.2) is 0 Å². The molecule has 0 aliphatic rings. The Hall–Kier alpha value is -1.33. The maximum Gasteiger partial charge on any atom is 0.298 e. The fourth-order valence-electron chi connectivity index (χ4n) is 1.26. The Bertz CT molecular complexity index is 563. The highest BCUT2D eigenvalue weighted by molar-refractivity contribution is 7.07. The van der Waals surface area contributed by atoms with Crippen molar-refractivity contribution in [2.24, 2.45) is 0 Å². The van der Waals surface area contributed by atoms with E-state index in [4.69, 9.17) is 22.1 Å². The summed E-state index contributed by atoms with van der Waals surface area (Å²) in [5, 5.41) is 1.06. The highest BCUT2D eigenvalue weighted by atomic mass is 35.5. The molecule has 0 atom stereocenters. The topological polar surface area (TPSA) is 61.0 Å².